The normalized spacial score (nSPS) is 12.8. The molecule has 0 aliphatic carbocycles. The highest BCUT2D eigenvalue weighted by molar-refractivity contribution is 5.86. The Hall–Kier alpha value is -1.38. The second kappa shape index (κ2) is 6.53. The van der Waals surface area contributed by atoms with Gasteiger partial charge in [-0.15, -0.1) is 0 Å². The predicted molar refractivity (Wildman–Crippen MR) is 76.9 cm³/mol. The van der Waals surface area contributed by atoms with Gasteiger partial charge in [-0.25, -0.2) is 0 Å². The van der Waals surface area contributed by atoms with E-state index in [-0.39, 0.29) is 0 Å². The molecule has 96 valence electrons. The Bertz CT molecular complexity index is 490. The second-order valence-corrected chi connectivity index (χ2v) is 4.54. The summed E-state index contributed by atoms with van der Waals surface area (Å²) in [4.78, 5) is 0. The molecule has 1 N–H and O–H groups in total. The van der Waals surface area contributed by atoms with E-state index in [1.807, 2.05) is 7.05 Å². The van der Waals surface area contributed by atoms with Crippen LogP contribution in [0.1, 0.15) is 24.4 Å². The quantitative estimate of drug-likeness (QED) is 0.784. The number of nitrogens with one attached hydrogen (secondary N) is 1. The fourth-order valence-electron chi connectivity index (χ4n) is 2.44. The minimum atomic E-state index is 0.395. The molecule has 0 saturated carbocycles. The SMILES string of the molecule is CNC(CCCOC)c1cccc2ccccc12. The lowest BCUT2D eigenvalue weighted by Gasteiger charge is -2.18. The fourth-order valence-corrected chi connectivity index (χ4v) is 2.44. The van der Waals surface area contributed by atoms with Crippen molar-refractivity contribution in [2.24, 2.45) is 0 Å². The van der Waals surface area contributed by atoms with Gasteiger partial charge in [-0.2, -0.15) is 0 Å². The molecule has 2 heteroatoms. The molecule has 0 radical (unpaired) electrons. The average molecular weight is 243 g/mol. The van der Waals surface area contributed by atoms with Crippen LogP contribution in [-0.4, -0.2) is 20.8 Å². The third-order valence-electron chi connectivity index (χ3n) is 3.39. The Morgan fingerprint density at radius 3 is 2.67 bits per heavy atom. The second-order valence-electron chi connectivity index (χ2n) is 4.54. The molecule has 18 heavy (non-hydrogen) atoms. The molecule has 0 aromatic heterocycles. The first-order valence-corrected chi connectivity index (χ1v) is 6.50. The molecule has 1 atom stereocenters. The summed E-state index contributed by atoms with van der Waals surface area (Å²) in [5.74, 6) is 0. The highest BCUT2D eigenvalue weighted by atomic mass is 16.5. The summed E-state index contributed by atoms with van der Waals surface area (Å²) in [5.41, 5.74) is 1.38. The molecule has 2 aromatic carbocycles. The molecule has 0 aliphatic rings. The number of hydrogen-bond acceptors (Lipinski definition) is 2. The highest BCUT2D eigenvalue weighted by Crippen LogP contribution is 2.26. The molecule has 0 heterocycles. The van der Waals surface area contributed by atoms with E-state index in [1.54, 1.807) is 7.11 Å². The van der Waals surface area contributed by atoms with Gasteiger partial charge < -0.3 is 10.1 Å². The van der Waals surface area contributed by atoms with Gasteiger partial charge in [-0.1, -0.05) is 42.5 Å². The first-order valence-electron chi connectivity index (χ1n) is 6.50. The van der Waals surface area contributed by atoms with Crippen LogP contribution in [0.2, 0.25) is 0 Å². The maximum atomic E-state index is 5.13. The maximum Gasteiger partial charge on any atom is 0.0462 e. The van der Waals surface area contributed by atoms with Gasteiger partial charge in [0.05, 0.1) is 0 Å². The Labute approximate surface area is 109 Å². The van der Waals surface area contributed by atoms with Crippen LogP contribution in [0.3, 0.4) is 0 Å². The van der Waals surface area contributed by atoms with Crippen LogP contribution in [0, 0.1) is 0 Å². The third-order valence-corrected chi connectivity index (χ3v) is 3.39. The summed E-state index contributed by atoms with van der Waals surface area (Å²) < 4.78 is 5.13. The van der Waals surface area contributed by atoms with Gasteiger partial charge in [0.15, 0.2) is 0 Å². The van der Waals surface area contributed by atoms with Crippen molar-refractivity contribution in [1.29, 1.82) is 0 Å². The topological polar surface area (TPSA) is 21.3 Å². The van der Waals surface area contributed by atoms with E-state index in [1.165, 1.54) is 16.3 Å². The largest absolute Gasteiger partial charge is 0.385 e. The molecule has 1 unspecified atom stereocenters. The summed E-state index contributed by atoms with van der Waals surface area (Å²) in [5, 5.41) is 6.07. The van der Waals surface area contributed by atoms with E-state index in [0.29, 0.717) is 6.04 Å². The minimum Gasteiger partial charge on any atom is -0.385 e. The van der Waals surface area contributed by atoms with Gasteiger partial charge in [0.2, 0.25) is 0 Å². The standard InChI is InChI=1S/C16H21NO/c1-17-16(11-6-12-18-2)15-10-5-8-13-7-3-4-9-14(13)15/h3-5,7-10,16-17H,6,11-12H2,1-2H3. The molecule has 0 aliphatic heterocycles. The summed E-state index contributed by atoms with van der Waals surface area (Å²) in [7, 11) is 3.78. The Morgan fingerprint density at radius 2 is 1.89 bits per heavy atom. The molecule has 2 nitrogen and oxygen atoms in total. The zero-order valence-electron chi connectivity index (χ0n) is 11.1. The molecule has 0 amide bonds. The van der Waals surface area contributed by atoms with Crippen LogP contribution >= 0.6 is 0 Å². The third kappa shape index (κ3) is 2.89. The van der Waals surface area contributed by atoms with E-state index in [0.717, 1.165) is 19.4 Å². The molecule has 2 rings (SSSR count). The molecular weight excluding hydrogens is 222 g/mol. The highest BCUT2D eigenvalue weighted by Gasteiger charge is 2.11. The van der Waals surface area contributed by atoms with Crippen molar-refractivity contribution in [2.45, 2.75) is 18.9 Å². The minimum absolute atomic E-state index is 0.395. The van der Waals surface area contributed by atoms with Gasteiger partial charge >= 0.3 is 0 Å². The first-order chi connectivity index (χ1) is 8.86. The zero-order valence-corrected chi connectivity index (χ0v) is 11.1. The summed E-state index contributed by atoms with van der Waals surface area (Å²) in [6, 6.07) is 15.5. The van der Waals surface area contributed by atoms with Crippen molar-refractivity contribution in [3.05, 3.63) is 48.0 Å². The van der Waals surface area contributed by atoms with Crippen molar-refractivity contribution >= 4 is 10.8 Å². The number of rotatable bonds is 6. The Kier molecular flexibility index (Phi) is 4.73. The summed E-state index contributed by atoms with van der Waals surface area (Å²) in [6.07, 6.45) is 2.17. The molecule has 2 aromatic rings. The van der Waals surface area contributed by atoms with Gasteiger partial charge in [0.1, 0.15) is 0 Å². The smallest absolute Gasteiger partial charge is 0.0462 e. The number of ether oxygens (including phenoxy) is 1. The van der Waals surface area contributed by atoms with Crippen molar-refractivity contribution < 1.29 is 4.74 Å². The van der Waals surface area contributed by atoms with E-state index >= 15 is 0 Å². The van der Waals surface area contributed by atoms with Gasteiger partial charge in [0.25, 0.3) is 0 Å². The number of methoxy groups -OCH3 is 1. The molecule has 0 spiro atoms. The van der Waals surface area contributed by atoms with Crippen LogP contribution in [-0.2, 0) is 4.74 Å². The van der Waals surface area contributed by atoms with Crippen LogP contribution < -0.4 is 5.32 Å². The Balaban J connectivity index is 2.27. The molecule has 0 fully saturated rings. The predicted octanol–water partition coefficient (Wildman–Crippen LogP) is 3.53. The van der Waals surface area contributed by atoms with Crippen molar-refractivity contribution in [3.8, 4) is 0 Å². The molecule has 0 bridgehead atoms. The lowest BCUT2D eigenvalue weighted by molar-refractivity contribution is 0.189. The summed E-state index contributed by atoms with van der Waals surface area (Å²) in [6.45, 7) is 0.822. The zero-order chi connectivity index (χ0) is 12.8. The van der Waals surface area contributed by atoms with E-state index < -0.39 is 0 Å². The van der Waals surface area contributed by atoms with Gasteiger partial charge in [0, 0.05) is 19.8 Å². The molecule has 0 saturated heterocycles. The van der Waals surface area contributed by atoms with Crippen LogP contribution in [0.25, 0.3) is 10.8 Å². The van der Waals surface area contributed by atoms with Gasteiger partial charge in [-0.3, -0.25) is 0 Å². The number of hydrogen-bond donors (Lipinski definition) is 1. The lowest BCUT2D eigenvalue weighted by Crippen LogP contribution is -2.17. The Morgan fingerprint density at radius 1 is 1.11 bits per heavy atom. The van der Waals surface area contributed by atoms with Crippen molar-refractivity contribution in [1.82, 2.24) is 5.32 Å². The van der Waals surface area contributed by atoms with Crippen LogP contribution in [0.15, 0.2) is 42.5 Å². The lowest BCUT2D eigenvalue weighted by atomic mass is 9.96. The summed E-state index contributed by atoms with van der Waals surface area (Å²) >= 11 is 0. The average Bonchev–Trinajstić information content (AvgIpc) is 2.43. The van der Waals surface area contributed by atoms with Crippen molar-refractivity contribution in [2.75, 3.05) is 20.8 Å². The van der Waals surface area contributed by atoms with Gasteiger partial charge in [-0.05, 0) is 36.2 Å². The van der Waals surface area contributed by atoms with E-state index in [4.69, 9.17) is 4.74 Å². The van der Waals surface area contributed by atoms with E-state index in [9.17, 15) is 0 Å². The number of benzene rings is 2. The van der Waals surface area contributed by atoms with Crippen LogP contribution in [0.5, 0.6) is 0 Å². The fraction of sp³-hybridized carbons (Fsp3) is 0.375. The first kappa shape index (κ1) is 13.1. The van der Waals surface area contributed by atoms with Crippen molar-refractivity contribution in [3.63, 3.8) is 0 Å². The maximum absolute atomic E-state index is 5.13. The van der Waals surface area contributed by atoms with E-state index in [2.05, 4.69) is 47.8 Å². The van der Waals surface area contributed by atoms with Crippen LogP contribution in [0.4, 0.5) is 0 Å². The number of fused-ring (bicyclic) bond motifs is 1. The monoisotopic (exact) mass is 243 g/mol. The molecular formula is C16H21NO.